The number of nitrogens with zero attached hydrogens (tertiary/aromatic N) is 4. The van der Waals surface area contributed by atoms with Gasteiger partial charge in [0.05, 0.1) is 11.7 Å². The van der Waals surface area contributed by atoms with Gasteiger partial charge in [-0.15, -0.1) is 0 Å². The number of carbonyl (C=O) groups excluding carboxylic acids is 1. The van der Waals surface area contributed by atoms with E-state index in [0.29, 0.717) is 28.6 Å². The van der Waals surface area contributed by atoms with E-state index >= 15 is 0 Å². The Balaban J connectivity index is 1.62. The van der Waals surface area contributed by atoms with E-state index in [1.807, 2.05) is 18.2 Å². The van der Waals surface area contributed by atoms with E-state index < -0.39 is 0 Å². The number of hydrogen-bond donors (Lipinski definition) is 2. The van der Waals surface area contributed by atoms with Crippen molar-refractivity contribution in [2.75, 3.05) is 37.0 Å². The zero-order valence-corrected chi connectivity index (χ0v) is 20.5. The molecule has 0 bridgehead atoms. The first kappa shape index (κ1) is 23.8. The Kier molecular flexibility index (Phi) is 6.92. The molecule has 0 radical (unpaired) electrons. The van der Waals surface area contributed by atoms with Crippen LogP contribution in [-0.2, 0) is 11.8 Å². The minimum absolute atomic E-state index is 0.103. The first-order chi connectivity index (χ1) is 16.2. The molecule has 10 heteroatoms. The molecule has 3 heterocycles. The van der Waals surface area contributed by atoms with Gasteiger partial charge in [-0.2, -0.15) is 4.98 Å². The number of nitrogens with one attached hydrogen (secondary N) is 2. The molecule has 0 spiro atoms. The Morgan fingerprint density at radius 2 is 1.97 bits per heavy atom. The number of pyridine rings is 1. The normalized spacial score (nSPS) is 18.1. The largest absolute Gasteiger partial charge is 0.478 e. The third-order valence-corrected chi connectivity index (χ3v) is 6.25. The summed E-state index contributed by atoms with van der Waals surface area (Å²) in [6.07, 6.45) is 2.81. The van der Waals surface area contributed by atoms with Crippen molar-refractivity contribution in [3.63, 3.8) is 0 Å². The number of ether oxygens (including phenoxy) is 1. The molecule has 34 heavy (non-hydrogen) atoms. The molecule has 1 aliphatic rings. The maximum atomic E-state index is 12.6. The number of aromatic nitrogens is 3. The summed E-state index contributed by atoms with van der Waals surface area (Å²) in [5, 5.41) is 6.93. The molecule has 3 aromatic rings. The van der Waals surface area contributed by atoms with Crippen molar-refractivity contribution in [1.82, 2.24) is 19.9 Å². The zero-order valence-electron chi connectivity index (χ0n) is 19.8. The molecular weight excluding hydrogens is 456 g/mol. The van der Waals surface area contributed by atoms with Crippen molar-refractivity contribution < 1.29 is 9.53 Å². The minimum Gasteiger partial charge on any atom is -0.478 e. The molecule has 1 saturated heterocycles. The standard InChI is InChI=1S/C24H29ClN6O3/c1-14-7-15(2)12-31(11-14)24-27-10-18(25)22(29-24)28-17-5-6-19-16(8-17)9-20(23(33)30(19)4)34-13-21(32)26-3/h5-6,8-10,14-15H,7,11-13H2,1-4H3,(H,26,32)(H,27,28,29)/t14-,15?/m0/s1. The number of amides is 1. The van der Waals surface area contributed by atoms with Crippen LogP contribution in [0.2, 0.25) is 5.02 Å². The molecule has 2 N–H and O–H groups in total. The van der Waals surface area contributed by atoms with Gasteiger partial charge in [0, 0.05) is 38.3 Å². The number of piperidine rings is 1. The van der Waals surface area contributed by atoms with Gasteiger partial charge in [0.25, 0.3) is 11.5 Å². The molecule has 0 saturated carbocycles. The summed E-state index contributed by atoms with van der Waals surface area (Å²) < 4.78 is 6.94. The number of benzene rings is 1. The van der Waals surface area contributed by atoms with Crippen molar-refractivity contribution in [1.29, 1.82) is 0 Å². The van der Waals surface area contributed by atoms with Crippen molar-refractivity contribution in [2.24, 2.45) is 18.9 Å². The highest BCUT2D eigenvalue weighted by atomic mass is 35.5. The van der Waals surface area contributed by atoms with Gasteiger partial charge in [-0.3, -0.25) is 9.59 Å². The summed E-state index contributed by atoms with van der Waals surface area (Å²) in [7, 11) is 3.18. The maximum Gasteiger partial charge on any atom is 0.293 e. The summed E-state index contributed by atoms with van der Waals surface area (Å²) in [6.45, 7) is 6.07. The van der Waals surface area contributed by atoms with Gasteiger partial charge in [-0.1, -0.05) is 25.4 Å². The SMILES string of the molecule is CNC(=O)COc1cc2cc(Nc3nc(N4CC(C)C[C@H](C)C4)ncc3Cl)ccc2n(C)c1=O. The van der Waals surface area contributed by atoms with Crippen LogP contribution in [0.25, 0.3) is 10.9 Å². The van der Waals surface area contributed by atoms with Crippen LogP contribution >= 0.6 is 11.6 Å². The van der Waals surface area contributed by atoms with E-state index in [1.165, 1.54) is 18.0 Å². The molecule has 1 unspecified atom stereocenters. The molecule has 1 amide bonds. The van der Waals surface area contributed by atoms with E-state index in [0.717, 1.165) is 29.7 Å². The van der Waals surface area contributed by atoms with Crippen LogP contribution in [0.15, 0.2) is 35.3 Å². The van der Waals surface area contributed by atoms with Crippen LogP contribution in [-0.4, -0.2) is 47.2 Å². The molecular formula is C24H29ClN6O3. The fourth-order valence-electron chi connectivity index (χ4n) is 4.41. The number of hydrogen-bond acceptors (Lipinski definition) is 7. The van der Waals surface area contributed by atoms with Crippen molar-refractivity contribution in [3.05, 3.63) is 45.8 Å². The molecule has 2 aromatic heterocycles. The third kappa shape index (κ3) is 5.09. The number of fused-ring (bicyclic) bond motifs is 1. The van der Waals surface area contributed by atoms with E-state index in [4.69, 9.17) is 21.3 Å². The Labute approximate surface area is 203 Å². The number of anilines is 3. The van der Waals surface area contributed by atoms with Gasteiger partial charge < -0.3 is 24.8 Å². The number of carbonyl (C=O) groups is 1. The number of aryl methyl sites for hydroxylation is 1. The maximum absolute atomic E-state index is 12.6. The number of rotatable bonds is 6. The fraction of sp³-hybridized carbons (Fsp3) is 0.417. The second kappa shape index (κ2) is 9.89. The predicted molar refractivity (Wildman–Crippen MR) is 134 cm³/mol. The van der Waals surface area contributed by atoms with Gasteiger partial charge in [-0.05, 0) is 42.5 Å². The second-order valence-corrected chi connectivity index (χ2v) is 9.36. The van der Waals surface area contributed by atoms with Crippen molar-refractivity contribution in [3.8, 4) is 5.75 Å². The highest BCUT2D eigenvalue weighted by Gasteiger charge is 2.24. The van der Waals surface area contributed by atoms with E-state index in [2.05, 4.69) is 34.4 Å². The van der Waals surface area contributed by atoms with Crippen molar-refractivity contribution in [2.45, 2.75) is 20.3 Å². The number of likely N-dealkylation sites (N-methyl/N-ethyl adjacent to an activating group) is 1. The molecule has 1 aromatic carbocycles. The average Bonchev–Trinajstić information content (AvgIpc) is 2.81. The summed E-state index contributed by atoms with van der Waals surface area (Å²) in [6, 6.07) is 7.21. The van der Waals surface area contributed by atoms with E-state index in [9.17, 15) is 9.59 Å². The van der Waals surface area contributed by atoms with Crippen molar-refractivity contribution >= 4 is 45.9 Å². The molecule has 9 nitrogen and oxygen atoms in total. The lowest BCUT2D eigenvalue weighted by atomic mass is 9.92. The van der Waals surface area contributed by atoms with Gasteiger partial charge in [0.2, 0.25) is 5.95 Å². The van der Waals surface area contributed by atoms with Crippen LogP contribution in [0.1, 0.15) is 20.3 Å². The van der Waals surface area contributed by atoms with E-state index in [-0.39, 0.29) is 23.8 Å². The van der Waals surface area contributed by atoms with Crippen LogP contribution < -0.4 is 25.8 Å². The summed E-state index contributed by atoms with van der Waals surface area (Å²) in [5.41, 5.74) is 1.16. The molecule has 1 fully saturated rings. The second-order valence-electron chi connectivity index (χ2n) is 8.95. The van der Waals surface area contributed by atoms with E-state index in [1.54, 1.807) is 19.3 Å². The zero-order chi connectivity index (χ0) is 24.4. The molecule has 4 rings (SSSR count). The topological polar surface area (TPSA) is 101 Å². The quantitative estimate of drug-likeness (QED) is 0.553. The summed E-state index contributed by atoms with van der Waals surface area (Å²) in [5.74, 6) is 2.10. The third-order valence-electron chi connectivity index (χ3n) is 5.97. The Hall–Kier alpha value is -3.33. The lowest BCUT2D eigenvalue weighted by Crippen LogP contribution is -2.39. The molecule has 2 atom stereocenters. The van der Waals surface area contributed by atoms with Gasteiger partial charge >= 0.3 is 0 Å². The lowest BCUT2D eigenvalue weighted by Gasteiger charge is -2.35. The smallest absolute Gasteiger partial charge is 0.293 e. The minimum atomic E-state index is -0.315. The first-order valence-electron chi connectivity index (χ1n) is 11.3. The summed E-state index contributed by atoms with van der Waals surface area (Å²) >= 11 is 6.41. The lowest BCUT2D eigenvalue weighted by molar-refractivity contribution is -0.122. The van der Waals surface area contributed by atoms with Gasteiger partial charge in [-0.25, -0.2) is 4.98 Å². The predicted octanol–water partition coefficient (Wildman–Crippen LogP) is 3.33. The number of halogens is 1. The van der Waals surface area contributed by atoms with Crippen LogP contribution in [0, 0.1) is 11.8 Å². The van der Waals surface area contributed by atoms with Gasteiger partial charge in [0.15, 0.2) is 18.2 Å². The highest BCUT2D eigenvalue weighted by molar-refractivity contribution is 6.32. The Morgan fingerprint density at radius 1 is 1.24 bits per heavy atom. The van der Waals surface area contributed by atoms with Crippen LogP contribution in [0.3, 0.4) is 0 Å². The first-order valence-corrected chi connectivity index (χ1v) is 11.6. The monoisotopic (exact) mass is 484 g/mol. The highest BCUT2D eigenvalue weighted by Crippen LogP contribution is 2.29. The summed E-state index contributed by atoms with van der Waals surface area (Å²) in [4.78, 5) is 35.5. The average molecular weight is 485 g/mol. The van der Waals surface area contributed by atoms with Crippen LogP contribution in [0.4, 0.5) is 17.5 Å². The fourth-order valence-corrected chi connectivity index (χ4v) is 4.55. The molecule has 0 aliphatic carbocycles. The Bertz CT molecular complexity index is 1270. The molecule has 1 aliphatic heterocycles. The Morgan fingerprint density at radius 3 is 2.68 bits per heavy atom. The molecule has 180 valence electrons. The van der Waals surface area contributed by atoms with Gasteiger partial charge in [0.1, 0.15) is 5.02 Å². The van der Waals surface area contributed by atoms with Crippen LogP contribution in [0.5, 0.6) is 5.75 Å².